The van der Waals surface area contributed by atoms with E-state index in [2.05, 4.69) is 16.8 Å². The summed E-state index contributed by atoms with van der Waals surface area (Å²) < 4.78 is 0. The SMILES string of the molecule is CCc1cncc([C@@H]2CN3CC[C@H]2C3)n1. The summed E-state index contributed by atoms with van der Waals surface area (Å²) in [6.07, 6.45) is 6.19. The average molecular weight is 203 g/mol. The van der Waals surface area contributed by atoms with Crippen molar-refractivity contribution in [2.45, 2.75) is 25.7 Å². The maximum absolute atomic E-state index is 4.70. The molecule has 1 aromatic rings. The largest absolute Gasteiger partial charge is 0.302 e. The minimum atomic E-state index is 0.651. The maximum Gasteiger partial charge on any atom is 0.0636 e. The van der Waals surface area contributed by atoms with E-state index in [9.17, 15) is 0 Å². The highest BCUT2D eigenvalue weighted by molar-refractivity contribution is 5.14. The van der Waals surface area contributed by atoms with Crippen LogP contribution in [0.25, 0.3) is 0 Å². The molecule has 2 saturated heterocycles. The summed E-state index contributed by atoms with van der Waals surface area (Å²) in [5.74, 6) is 1.49. The minimum Gasteiger partial charge on any atom is -0.302 e. The highest BCUT2D eigenvalue weighted by atomic mass is 15.2. The van der Waals surface area contributed by atoms with Crippen LogP contribution in [-0.2, 0) is 6.42 Å². The number of fused-ring (bicyclic) bond motifs is 2. The molecule has 80 valence electrons. The van der Waals surface area contributed by atoms with E-state index >= 15 is 0 Å². The van der Waals surface area contributed by atoms with Gasteiger partial charge in [0.05, 0.1) is 11.4 Å². The van der Waals surface area contributed by atoms with Crippen molar-refractivity contribution in [1.29, 1.82) is 0 Å². The van der Waals surface area contributed by atoms with Crippen LogP contribution in [0.15, 0.2) is 12.4 Å². The molecule has 0 spiro atoms. The van der Waals surface area contributed by atoms with Gasteiger partial charge in [0.25, 0.3) is 0 Å². The topological polar surface area (TPSA) is 29.0 Å². The van der Waals surface area contributed by atoms with E-state index in [1.54, 1.807) is 0 Å². The summed E-state index contributed by atoms with van der Waals surface area (Å²) in [5, 5.41) is 0. The van der Waals surface area contributed by atoms with Gasteiger partial charge in [-0.1, -0.05) is 6.92 Å². The van der Waals surface area contributed by atoms with Crippen molar-refractivity contribution in [2.24, 2.45) is 5.92 Å². The van der Waals surface area contributed by atoms with Gasteiger partial charge in [-0.2, -0.15) is 0 Å². The fourth-order valence-electron chi connectivity index (χ4n) is 2.89. The number of piperidine rings is 1. The number of hydrogen-bond acceptors (Lipinski definition) is 3. The van der Waals surface area contributed by atoms with Crippen LogP contribution in [-0.4, -0.2) is 34.5 Å². The van der Waals surface area contributed by atoms with Crippen molar-refractivity contribution < 1.29 is 0 Å². The summed E-state index contributed by atoms with van der Waals surface area (Å²) >= 11 is 0. The molecule has 3 atom stereocenters. The quantitative estimate of drug-likeness (QED) is 0.728. The molecule has 3 heteroatoms. The van der Waals surface area contributed by atoms with Crippen molar-refractivity contribution in [3.8, 4) is 0 Å². The van der Waals surface area contributed by atoms with Gasteiger partial charge < -0.3 is 4.90 Å². The number of hydrogen-bond donors (Lipinski definition) is 0. The second-order valence-corrected chi connectivity index (χ2v) is 4.70. The second-order valence-electron chi connectivity index (χ2n) is 4.70. The van der Waals surface area contributed by atoms with E-state index in [4.69, 9.17) is 4.98 Å². The van der Waals surface area contributed by atoms with Gasteiger partial charge in [0.15, 0.2) is 0 Å². The van der Waals surface area contributed by atoms with Crippen LogP contribution in [0.2, 0.25) is 0 Å². The molecule has 3 rings (SSSR count). The van der Waals surface area contributed by atoms with Crippen molar-refractivity contribution >= 4 is 0 Å². The Bertz CT molecular complexity index is 364. The summed E-state index contributed by atoms with van der Waals surface area (Å²) in [5.41, 5.74) is 2.35. The first-order chi connectivity index (χ1) is 7.36. The third-order valence-electron chi connectivity index (χ3n) is 3.78. The monoisotopic (exact) mass is 203 g/mol. The first-order valence-electron chi connectivity index (χ1n) is 5.90. The standard InChI is InChI=1S/C12H17N3/c1-2-10-5-13-6-12(14-10)11-8-15-4-3-9(11)7-15/h5-6,9,11H,2-4,7-8H2,1H3/t9-,11+/m0/s1. The molecule has 2 fully saturated rings. The zero-order valence-electron chi connectivity index (χ0n) is 9.19. The number of aryl methyl sites for hydroxylation is 1. The summed E-state index contributed by atoms with van der Waals surface area (Å²) in [4.78, 5) is 11.6. The molecular formula is C12H17N3. The first-order valence-corrected chi connectivity index (χ1v) is 5.90. The van der Waals surface area contributed by atoms with Gasteiger partial charge in [-0.3, -0.25) is 9.97 Å². The summed E-state index contributed by atoms with van der Waals surface area (Å²) in [6, 6.07) is 0. The molecule has 1 unspecified atom stereocenters. The third kappa shape index (κ3) is 1.55. The van der Waals surface area contributed by atoms with E-state index in [1.807, 2.05) is 12.4 Å². The lowest BCUT2D eigenvalue weighted by atomic mass is 9.90. The second kappa shape index (κ2) is 3.56. The van der Waals surface area contributed by atoms with Crippen LogP contribution < -0.4 is 0 Å². The van der Waals surface area contributed by atoms with Crippen molar-refractivity contribution in [3.05, 3.63) is 23.8 Å². The molecule has 1 aromatic heterocycles. The van der Waals surface area contributed by atoms with Crippen molar-refractivity contribution in [2.75, 3.05) is 19.6 Å². The Morgan fingerprint density at radius 2 is 2.33 bits per heavy atom. The Hall–Kier alpha value is -0.960. The molecule has 0 aromatic carbocycles. The third-order valence-corrected chi connectivity index (χ3v) is 3.78. The predicted molar refractivity (Wildman–Crippen MR) is 58.7 cm³/mol. The minimum absolute atomic E-state index is 0.651. The highest BCUT2D eigenvalue weighted by Crippen LogP contribution is 2.38. The van der Waals surface area contributed by atoms with Crippen LogP contribution in [0.5, 0.6) is 0 Å². The van der Waals surface area contributed by atoms with E-state index in [1.165, 1.54) is 31.7 Å². The summed E-state index contributed by atoms with van der Waals surface area (Å²) in [6.45, 7) is 5.91. The average Bonchev–Trinajstić information content (AvgIpc) is 2.91. The molecule has 2 aliphatic rings. The Morgan fingerprint density at radius 3 is 3.00 bits per heavy atom. The highest BCUT2D eigenvalue weighted by Gasteiger charge is 2.39. The van der Waals surface area contributed by atoms with E-state index in [-0.39, 0.29) is 0 Å². The molecule has 0 saturated carbocycles. The number of aromatic nitrogens is 2. The van der Waals surface area contributed by atoms with Crippen LogP contribution in [0, 0.1) is 5.92 Å². The number of rotatable bonds is 2. The zero-order valence-corrected chi connectivity index (χ0v) is 9.19. The molecule has 0 radical (unpaired) electrons. The molecule has 15 heavy (non-hydrogen) atoms. The van der Waals surface area contributed by atoms with Gasteiger partial charge in [0, 0.05) is 31.4 Å². The smallest absolute Gasteiger partial charge is 0.0636 e. The van der Waals surface area contributed by atoms with Crippen LogP contribution >= 0.6 is 0 Å². The molecule has 2 bridgehead atoms. The van der Waals surface area contributed by atoms with Crippen molar-refractivity contribution in [1.82, 2.24) is 14.9 Å². The van der Waals surface area contributed by atoms with Gasteiger partial charge in [-0.25, -0.2) is 0 Å². The van der Waals surface area contributed by atoms with Gasteiger partial charge >= 0.3 is 0 Å². The Balaban J connectivity index is 1.86. The first kappa shape index (κ1) is 9.28. The van der Waals surface area contributed by atoms with E-state index in [0.717, 1.165) is 18.0 Å². The molecule has 2 aliphatic heterocycles. The van der Waals surface area contributed by atoms with E-state index in [0.29, 0.717) is 5.92 Å². The van der Waals surface area contributed by atoms with Crippen LogP contribution in [0.3, 0.4) is 0 Å². The van der Waals surface area contributed by atoms with Gasteiger partial charge in [-0.15, -0.1) is 0 Å². The Labute approximate surface area is 90.5 Å². The Morgan fingerprint density at radius 1 is 1.40 bits per heavy atom. The number of nitrogens with zero attached hydrogens (tertiary/aromatic N) is 3. The van der Waals surface area contributed by atoms with Gasteiger partial charge in [0.2, 0.25) is 0 Å². The lowest BCUT2D eigenvalue weighted by Crippen LogP contribution is -2.23. The molecule has 0 N–H and O–H groups in total. The fraction of sp³-hybridized carbons (Fsp3) is 0.667. The lowest BCUT2D eigenvalue weighted by molar-refractivity contribution is 0.343. The van der Waals surface area contributed by atoms with Crippen LogP contribution in [0.1, 0.15) is 30.7 Å². The normalized spacial score (nSPS) is 33.5. The lowest BCUT2D eigenvalue weighted by Gasteiger charge is -2.21. The predicted octanol–water partition coefficient (Wildman–Crippen LogP) is 1.46. The molecule has 3 nitrogen and oxygen atoms in total. The maximum atomic E-state index is 4.70. The molecule has 0 aliphatic carbocycles. The molecule has 0 amide bonds. The summed E-state index contributed by atoms with van der Waals surface area (Å²) in [7, 11) is 0. The van der Waals surface area contributed by atoms with E-state index < -0.39 is 0 Å². The molecule has 3 heterocycles. The van der Waals surface area contributed by atoms with Crippen molar-refractivity contribution in [3.63, 3.8) is 0 Å². The van der Waals surface area contributed by atoms with Gasteiger partial charge in [-0.05, 0) is 25.3 Å². The molecular weight excluding hydrogens is 186 g/mol. The fourth-order valence-corrected chi connectivity index (χ4v) is 2.89. The Kier molecular flexibility index (Phi) is 2.20. The van der Waals surface area contributed by atoms with Gasteiger partial charge in [0.1, 0.15) is 0 Å². The zero-order chi connectivity index (χ0) is 10.3. The van der Waals surface area contributed by atoms with Crippen LogP contribution in [0.4, 0.5) is 0 Å².